The van der Waals surface area contributed by atoms with Crippen molar-refractivity contribution in [1.29, 1.82) is 0 Å². The van der Waals surface area contributed by atoms with Crippen LogP contribution in [0.4, 0.5) is 17.6 Å². The van der Waals surface area contributed by atoms with Crippen LogP contribution >= 0.6 is 0 Å². The summed E-state index contributed by atoms with van der Waals surface area (Å²) in [5.41, 5.74) is 4.37. The van der Waals surface area contributed by atoms with Crippen LogP contribution in [-0.4, -0.2) is 56.0 Å². The van der Waals surface area contributed by atoms with Crippen molar-refractivity contribution in [2.45, 2.75) is 19.3 Å². The lowest BCUT2D eigenvalue weighted by Gasteiger charge is -2.15. The van der Waals surface area contributed by atoms with E-state index in [-0.39, 0.29) is 0 Å². The highest BCUT2D eigenvalue weighted by Crippen LogP contribution is 2.37. The van der Waals surface area contributed by atoms with Crippen LogP contribution in [0, 0.1) is 0 Å². The summed E-state index contributed by atoms with van der Waals surface area (Å²) in [5.74, 6) is 2.48. The fourth-order valence-corrected chi connectivity index (χ4v) is 5.48. The Morgan fingerprint density at radius 2 is 1.67 bits per heavy atom. The number of hydrogen-bond acceptors (Lipinski definition) is 8. The quantitative estimate of drug-likeness (QED) is 0.155. The summed E-state index contributed by atoms with van der Waals surface area (Å²) < 4.78 is 6.48. The molecule has 0 unspecified atom stereocenters. The summed E-state index contributed by atoms with van der Waals surface area (Å²) in [5, 5.41) is 8.79. The monoisotopic (exact) mass is 556 g/mol. The number of ether oxygens (including phenoxy) is 1. The van der Waals surface area contributed by atoms with E-state index >= 15 is 0 Å². The second kappa shape index (κ2) is 11.8. The van der Waals surface area contributed by atoms with Crippen molar-refractivity contribution in [2.75, 3.05) is 36.8 Å². The highest BCUT2D eigenvalue weighted by atomic mass is 16.5. The van der Waals surface area contributed by atoms with Crippen LogP contribution in [0.15, 0.2) is 91.3 Å². The van der Waals surface area contributed by atoms with E-state index in [1.54, 1.807) is 12.4 Å². The number of anilines is 3. The van der Waals surface area contributed by atoms with Crippen molar-refractivity contribution in [3.8, 4) is 22.9 Å². The maximum atomic E-state index is 6.48. The van der Waals surface area contributed by atoms with Gasteiger partial charge in [0.15, 0.2) is 0 Å². The van der Waals surface area contributed by atoms with E-state index in [1.165, 1.54) is 25.9 Å². The van der Waals surface area contributed by atoms with E-state index < -0.39 is 0 Å². The van der Waals surface area contributed by atoms with Crippen molar-refractivity contribution < 1.29 is 4.74 Å². The van der Waals surface area contributed by atoms with Crippen molar-refractivity contribution in [3.63, 3.8) is 0 Å². The van der Waals surface area contributed by atoms with Crippen molar-refractivity contribution in [2.24, 2.45) is 0 Å². The molecule has 42 heavy (non-hydrogen) atoms. The Morgan fingerprint density at radius 3 is 2.57 bits per heavy atom. The Balaban J connectivity index is 1.11. The normalized spacial score (nSPS) is 13.5. The number of pyridine rings is 1. The zero-order valence-electron chi connectivity index (χ0n) is 23.3. The van der Waals surface area contributed by atoms with Crippen LogP contribution in [0.3, 0.4) is 0 Å². The Labute approximate surface area is 244 Å². The average Bonchev–Trinajstić information content (AvgIpc) is 3.71. The van der Waals surface area contributed by atoms with Gasteiger partial charge in [-0.05, 0) is 81.4 Å². The molecule has 0 radical (unpaired) electrons. The second-order valence-corrected chi connectivity index (χ2v) is 10.4. The number of rotatable bonds is 10. The summed E-state index contributed by atoms with van der Waals surface area (Å²) in [4.78, 5) is 24.3. The molecule has 1 fully saturated rings. The van der Waals surface area contributed by atoms with E-state index in [1.807, 2.05) is 72.8 Å². The van der Waals surface area contributed by atoms with Crippen LogP contribution in [0.2, 0.25) is 0 Å². The van der Waals surface area contributed by atoms with Gasteiger partial charge in [0.25, 0.3) is 0 Å². The van der Waals surface area contributed by atoms with Gasteiger partial charge in [-0.2, -0.15) is 0 Å². The molecule has 6 aromatic rings. The molecule has 3 N–H and O–H groups in total. The molecule has 9 heteroatoms. The first kappa shape index (κ1) is 25.9. The summed E-state index contributed by atoms with van der Waals surface area (Å²) in [6, 6.07) is 25.8. The van der Waals surface area contributed by atoms with Crippen LogP contribution < -0.4 is 15.4 Å². The molecule has 0 saturated carbocycles. The van der Waals surface area contributed by atoms with Gasteiger partial charge in [-0.3, -0.25) is 0 Å². The molecule has 0 atom stereocenters. The van der Waals surface area contributed by atoms with E-state index in [9.17, 15) is 0 Å². The van der Waals surface area contributed by atoms with Crippen molar-refractivity contribution in [1.82, 2.24) is 29.8 Å². The van der Waals surface area contributed by atoms with E-state index in [0.717, 1.165) is 58.3 Å². The lowest BCUT2D eigenvalue weighted by molar-refractivity contribution is 0.337. The fraction of sp³-hybridized carbons (Fsp3) is 0.212. The number of hydrogen-bond donors (Lipinski definition) is 3. The smallest absolute Gasteiger partial charge is 0.228 e. The molecule has 0 amide bonds. The zero-order chi connectivity index (χ0) is 28.1. The number of likely N-dealkylation sites (tertiary alicyclic amines) is 1. The standard InChI is InChI=1S/C33H32N8O/c1-2-10-24-23(9-1)26(38-33-39-28-12-3-4-13-29(28)40-33)14-15-30(24)42-31-25(11-7-17-34-31)27-16-19-36-32(37-27)35-18-8-22-41-20-5-6-21-41/h1-4,7,9-17,19H,5-6,8,18,20-22H2,(H,35,36,37)(H2,38,39,40). The zero-order valence-corrected chi connectivity index (χ0v) is 23.3. The first-order chi connectivity index (χ1) is 20.8. The van der Waals surface area contributed by atoms with Gasteiger partial charge in [0.1, 0.15) is 5.75 Å². The van der Waals surface area contributed by atoms with Crippen LogP contribution in [0.5, 0.6) is 11.6 Å². The lowest BCUT2D eigenvalue weighted by atomic mass is 10.1. The largest absolute Gasteiger partial charge is 0.438 e. The minimum Gasteiger partial charge on any atom is -0.438 e. The lowest BCUT2D eigenvalue weighted by Crippen LogP contribution is -2.22. The van der Waals surface area contributed by atoms with E-state index in [4.69, 9.17) is 9.72 Å². The minimum atomic E-state index is 0.485. The van der Waals surface area contributed by atoms with Crippen LogP contribution in [-0.2, 0) is 0 Å². The highest BCUT2D eigenvalue weighted by Gasteiger charge is 2.15. The summed E-state index contributed by atoms with van der Waals surface area (Å²) in [7, 11) is 0. The third-order valence-electron chi connectivity index (χ3n) is 7.57. The highest BCUT2D eigenvalue weighted by molar-refractivity contribution is 5.99. The molecule has 3 aromatic carbocycles. The Hall–Kier alpha value is -5.02. The molecule has 9 nitrogen and oxygen atoms in total. The molecular weight excluding hydrogens is 524 g/mol. The molecule has 0 aliphatic carbocycles. The number of benzene rings is 3. The average molecular weight is 557 g/mol. The van der Waals surface area contributed by atoms with Crippen molar-refractivity contribution in [3.05, 3.63) is 91.3 Å². The predicted molar refractivity (Wildman–Crippen MR) is 167 cm³/mol. The second-order valence-electron chi connectivity index (χ2n) is 10.4. The van der Waals surface area contributed by atoms with Crippen molar-refractivity contribution >= 4 is 39.4 Å². The maximum Gasteiger partial charge on any atom is 0.228 e. The van der Waals surface area contributed by atoms with Crippen LogP contribution in [0.25, 0.3) is 33.1 Å². The predicted octanol–water partition coefficient (Wildman–Crippen LogP) is 7.00. The van der Waals surface area contributed by atoms with Gasteiger partial charge in [-0.1, -0.05) is 36.4 Å². The van der Waals surface area contributed by atoms with Gasteiger partial charge < -0.3 is 25.3 Å². The number of fused-ring (bicyclic) bond motifs is 2. The number of nitrogens with zero attached hydrogens (tertiary/aromatic N) is 5. The van der Waals surface area contributed by atoms with E-state index in [2.05, 4.69) is 41.5 Å². The van der Waals surface area contributed by atoms with Gasteiger partial charge in [0.2, 0.25) is 17.8 Å². The first-order valence-electron chi connectivity index (χ1n) is 14.5. The van der Waals surface area contributed by atoms with Gasteiger partial charge in [0, 0.05) is 35.4 Å². The van der Waals surface area contributed by atoms with Gasteiger partial charge in [0.05, 0.1) is 22.3 Å². The van der Waals surface area contributed by atoms with Gasteiger partial charge in [-0.25, -0.2) is 19.9 Å². The van der Waals surface area contributed by atoms with Gasteiger partial charge >= 0.3 is 0 Å². The third-order valence-corrected chi connectivity index (χ3v) is 7.57. The maximum absolute atomic E-state index is 6.48. The number of imidazole rings is 1. The Morgan fingerprint density at radius 1 is 0.810 bits per heavy atom. The molecule has 210 valence electrons. The fourth-order valence-electron chi connectivity index (χ4n) is 5.48. The number of aromatic amines is 1. The molecule has 1 saturated heterocycles. The number of nitrogens with one attached hydrogen (secondary N) is 3. The molecular formula is C33H32N8O. The Bertz CT molecular complexity index is 1800. The SMILES string of the molecule is c1cnc(Oc2ccc(Nc3nc4ccccc4[nH]3)c3ccccc23)c(-c2ccnc(NCCCN3CCCC3)n2)c1. The van der Waals surface area contributed by atoms with Crippen LogP contribution in [0.1, 0.15) is 19.3 Å². The Kier molecular flexibility index (Phi) is 7.31. The number of aromatic nitrogens is 5. The van der Waals surface area contributed by atoms with Gasteiger partial charge in [-0.15, -0.1) is 0 Å². The molecule has 7 rings (SSSR count). The summed E-state index contributed by atoms with van der Waals surface area (Å²) >= 11 is 0. The summed E-state index contributed by atoms with van der Waals surface area (Å²) in [6.45, 7) is 4.36. The molecule has 0 bridgehead atoms. The number of para-hydroxylation sites is 2. The first-order valence-corrected chi connectivity index (χ1v) is 14.5. The molecule has 1 aliphatic rings. The number of H-pyrrole nitrogens is 1. The molecule has 0 spiro atoms. The topological polar surface area (TPSA) is 104 Å². The minimum absolute atomic E-state index is 0.485. The molecule has 4 heterocycles. The summed E-state index contributed by atoms with van der Waals surface area (Å²) in [6.07, 6.45) is 7.19. The molecule has 1 aliphatic heterocycles. The third kappa shape index (κ3) is 5.59. The van der Waals surface area contributed by atoms with E-state index in [0.29, 0.717) is 23.5 Å². The molecule has 3 aromatic heterocycles.